The van der Waals surface area contributed by atoms with Gasteiger partial charge in [-0.1, -0.05) is 0 Å². The van der Waals surface area contributed by atoms with Crippen molar-refractivity contribution in [1.82, 2.24) is 24.3 Å². The van der Waals surface area contributed by atoms with Crippen LogP contribution in [0, 0.1) is 11.6 Å². The van der Waals surface area contributed by atoms with Crippen LogP contribution in [0.3, 0.4) is 0 Å². The lowest BCUT2D eigenvalue weighted by Crippen LogP contribution is -2.45. The quantitative estimate of drug-likeness (QED) is 0.364. The predicted molar refractivity (Wildman–Crippen MR) is 133 cm³/mol. The van der Waals surface area contributed by atoms with Crippen molar-refractivity contribution in [3.05, 3.63) is 90.5 Å². The van der Waals surface area contributed by atoms with Crippen LogP contribution in [0.4, 0.5) is 14.7 Å². The molecule has 1 fully saturated rings. The first kappa shape index (κ1) is 22.8. The highest BCUT2D eigenvalue weighted by atomic mass is 19.1. The maximum Gasteiger partial charge on any atom is 0.306 e. The number of fused-ring (bicyclic) bond motifs is 1. The summed E-state index contributed by atoms with van der Waals surface area (Å²) in [4.78, 5) is 28.4. The molecule has 0 bridgehead atoms. The third kappa shape index (κ3) is 4.53. The van der Waals surface area contributed by atoms with Crippen molar-refractivity contribution in [3.63, 3.8) is 0 Å². The highest BCUT2D eigenvalue weighted by Gasteiger charge is 2.26. The normalized spacial score (nSPS) is 15.7. The molecule has 4 heterocycles. The zero-order chi connectivity index (χ0) is 25.4. The maximum absolute atomic E-state index is 13.5. The molecule has 0 saturated carbocycles. The summed E-state index contributed by atoms with van der Waals surface area (Å²) in [7, 11) is 0. The third-order valence-electron chi connectivity index (χ3n) is 6.41. The van der Waals surface area contributed by atoms with Gasteiger partial charge in [0.1, 0.15) is 29.3 Å². The van der Waals surface area contributed by atoms with E-state index in [2.05, 4.69) is 15.3 Å². The number of nitrogens with one attached hydrogen (secondary N) is 1. The summed E-state index contributed by atoms with van der Waals surface area (Å²) >= 11 is 0. The number of benzene rings is 2. The summed E-state index contributed by atoms with van der Waals surface area (Å²) in [5.74, 6) is -0.0279. The first-order valence-corrected chi connectivity index (χ1v) is 11.9. The zero-order valence-electron chi connectivity index (χ0n) is 19.6. The van der Waals surface area contributed by atoms with Gasteiger partial charge in [-0.25, -0.2) is 18.7 Å². The van der Waals surface area contributed by atoms with E-state index < -0.39 is 0 Å². The standard InChI is InChI=1S/C27H22F2N6O2/c28-19-7-3-17(4-8-19)23-24(35-14-15-37-27(35)33-23)22-11-12-30-26(32-22)31-21-2-1-13-34(16-21)25(36)18-5-9-20(29)10-6-18/h3-12,14-15,21H,1-2,13,16H2,(H,30,31,32)/t21-/m1/s1. The average Bonchev–Trinajstić information content (AvgIpc) is 3.51. The molecule has 3 aromatic heterocycles. The summed E-state index contributed by atoms with van der Waals surface area (Å²) in [6, 6.07) is 13.4. The topological polar surface area (TPSA) is 88.6 Å². The van der Waals surface area contributed by atoms with Gasteiger partial charge in [-0.3, -0.25) is 9.20 Å². The summed E-state index contributed by atoms with van der Waals surface area (Å²) in [5.41, 5.74) is 3.10. The minimum absolute atomic E-state index is 0.0515. The van der Waals surface area contributed by atoms with Crippen LogP contribution in [0.1, 0.15) is 23.2 Å². The molecule has 0 spiro atoms. The first-order valence-electron chi connectivity index (χ1n) is 11.9. The number of imidazole rings is 1. The SMILES string of the molecule is O=C(c1ccc(F)cc1)N1CCC[C@@H](Nc2nccc(-c3c(-c4ccc(F)cc4)nc4occn34)n2)C1. The van der Waals surface area contributed by atoms with Crippen LogP contribution >= 0.6 is 0 Å². The number of carbonyl (C=O) groups excluding carboxylic acids is 1. The molecule has 1 saturated heterocycles. The number of piperidine rings is 1. The molecule has 2 aromatic carbocycles. The third-order valence-corrected chi connectivity index (χ3v) is 6.41. The van der Waals surface area contributed by atoms with Crippen molar-refractivity contribution in [3.8, 4) is 22.6 Å². The highest BCUT2D eigenvalue weighted by molar-refractivity contribution is 5.94. The minimum atomic E-state index is -0.375. The van der Waals surface area contributed by atoms with Gasteiger partial charge in [0, 0.05) is 42.7 Å². The average molecular weight is 501 g/mol. The number of aromatic nitrogens is 4. The Morgan fingerprint density at radius 3 is 2.54 bits per heavy atom. The number of nitrogens with zero attached hydrogens (tertiary/aromatic N) is 5. The Kier molecular flexibility index (Phi) is 5.84. The van der Waals surface area contributed by atoms with E-state index in [1.165, 1.54) is 42.7 Å². The van der Waals surface area contributed by atoms with E-state index in [0.717, 1.165) is 18.4 Å². The molecular formula is C27H22F2N6O2. The predicted octanol–water partition coefficient (Wildman–Crippen LogP) is 5.05. The van der Waals surface area contributed by atoms with Crippen molar-refractivity contribution in [1.29, 1.82) is 0 Å². The van der Waals surface area contributed by atoms with Gasteiger partial charge < -0.3 is 14.6 Å². The van der Waals surface area contributed by atoms with E-state index in [9.17, 15) is 13.6 Å². The second kappa shape index (κ2) is 9.45. The number of amides is 1. The van der Waals surface area contributed by atoms with Crippen LogP contribution in [-0.2, 0) is 0 Å². The molecule has 5 aromatic rings. The maximum atomic E-state index is 13.5. The molecule has 0 unspecified atom stereocenters. The molecule has 6 rings (SSSR count). The summed E-state index contributed by atoms with van der Waals surface area (Å²) in [5, 5.41) is 3.36. The van der Waals surface area contributed by atoms with Gasteiger partial charge in [0.15, 0.2) is 0 Å². The van der Waals surface area contributed by atoms with Gasteiger partial charge >= 0.3 is 5.84 Å². The molecule has 1 aliphatic rings. The number of halogens is 2. The first-order chi connectivity index (χ1) is 18.0. The van der Waals surface area contributed by atoms with Gasteiger partial charge in [0.25, 0.3) is 5.91 Å². The zero-order valence-corrected chi connectivity index (χ0v) is 19.6. The van der Waals surface area contributed by atoms with Crippen molar-refractivity contribution >= 4 is 17.7 Å². The Morgan fingerprint density at radius 2 is 1.76 bits per heavy atom. The Balaban J connectivity index is 1.26. The second-order valence-corrected chi connectivity index (χ2v) is 8.88. The molecule has 0 aliphatic carbocycles. The van der Waals surface area contributed by atoms with Crippen LogP contribution in [0.5, 0.6) is 0 Å². The highest BCUT2D eigenvalue weighted by Crippen LogP contribution is 2.32. The van der Waals surface area contributed by atoms with E-state index in [-0.39, 0.29) is 23.6 Å². The Labute approximate surface area is 210 Å². The minimum Gasteiger partial charge on any atom is -0.432 e. The van der Waals surface area contributed by atoms with E-state index in [1.807, 2.05) is 0 Å². The van der Waals surface area contributed by atoms with E-state index >= 15 is 0 Å². The van der Waals surface area contributed by atoms with Gasteiger partial charge in [0.2, 0.25) is 5.95 Å². The van der Waals surface area contributed by atoms with Crippen LogP contribution < -0.4 is 5.32 Å². The van der Waals surface area contributed by atoms with Gasteiger partial charge in [-0.05, 0) is 67.4 Å². The van der Waals surface area contributed by atoms with Crippen molar-refractivity contribution in [2.24, 2.45) is 0 Å². The number of carbonyl (C=O) groups is 1. The van der Waals surface area contributed by atoms with Crippen LogP contribution in [0.15, 0.2) is 77.7 Å². The summed E-state index contributed by atoms with van der Waals surface area (Å²) in [6.45, 7) is 1.11. The number of rotatable bonds is 5. The van der Waals surface area contributed by atoms with Crippen LogP contribution in [-0.4, -0.2) is 49.3 Å². The lowest BCUT2D eigenvalue weighted by molar-refractivity contribution is 0.0714. The fourth-order valence-corrected chi connectivity index (χ4v) is 4.64. The van der Waals surface area contributed by atoms with Crippen LogP contribution in [0.2, 0.25) is 0 Å². The lowest BCUT2D eigenvalue weighted by Gasteiger charge is -2.33. The van der Waals surface area contributed by atoms with Crippen molar-refractivity contribution < 1.29 is 18.0 Å². The number of oxazole rings is 1. The molecule has 0 radical (unpaired) electrons. The fraction of sp³-hybridized carbons (Fsp3) is 0.185. The van der Waals surface area contributed by atoms with Gasteiger partial charge in [-0.2, -0.15) is 4.98 Å². The molecule has 1 atom stereocenters. The largest absolute Gasteiger partial charge is 0.432 e. The molecule has 186 valence electrons. The molecular weight excluding hydrogens is 478 g/mol. The number of anilines is 1. The molecule has 1 N–H and O–H groups in total. The molecule has 10 heteroatoms. The van der Waals surface area contributed by atoms with Gasteiger partial charge in [-0.15, -0.1) is 0 Å². The molecule has 37 heavy (non-hydrogen) atoms. The number of hydrogen-bond acceptors (Lipinski definition) is 6. The van der Waals surface area contributed by atoms with Crippen molar-refractivity contribution in [2.75, 3.05) is 18.4 Å². The number of likely N-dealkylation sites (tertiary alicyclic amines) is 1. The Hall–Kier alpha value is -4.60. The Morgan fingerprint density at radius 1 is 1.00 bits per heavy atom. The van der Waals surface area contributed by atoms with E-state index in [1.54, 1.807) is 39.9 Å². The van der Waals surface area contributed by atoms with E-state index in [4.69, 9.17) is 9.40 Å². The summed E-state index contributed by atoms with van der Waals surface area (Å²) in [6.07, 6.45) is 6.61. The van der Waals surface area contributed by atoms with Gasteiger partial charge in [0.05, 0.1) is 5.69 Å². The smallest absolute Gasteiger partial charge is 0.306 e. The van der Waals surface area contributed by atoms with Crippen LogP contribution in [0.25, 0.3) is 28.5 Å². The lowest BCUT2D eigenvalue weighted by atomic mass is 10.0. The fourth-order valence-electron chi connectivity index (χ4n) is 4.64. The monoisotopic (exact) mass is 500 g/mol. The van der Waals surface area contributed by atoms with E-state index in [0.29, 0.717) is 47.5 Å². The molecule has 1 aliphatic heterocycles. The van der Waals surface area contributed by atoms with Crippen molar-refractivity contribution in [2.45, 2.75) is 18.9 Å². The number of hydrogen-bond donors (Lipinski definition) is 1. The molecule has 1 amide bonds. The Bertz CT molecular complexity index is 1560. The second-order valence-electron chi connectivity index (χ2n) is 8.88. The summed E-state index contributed by atoms with van der Waals surface area (Å²) < 4.78 is 34.1. The molecule has 8 nitrogen and oxygen atoms in total.